The molecule has 6 rings (SSSR count). The summed E-state index contributed by atoms with van der Waals surface area (Å²) in [5.41, 5.74) is 4.20. The van der Waals surface area contributed by atoms with Crippen molar-refractivity contribution in [3.05, 3.63) is 48.8 Å². The van der Waals surface area contributed by atoms with E-state index in [1.165, 1.54) is 39.1 Å². The second-order valence-electron chi connectivity index (χ2n) is 9.56. The molecule has 2 aliphatic heterocycles. The normalized spacial score (nSPS) is 17.1. The summed E-state index contributed by atoms with van der Waals surface area (Å²) < 4.78 is 21.2. The monoisotopic (exact) mass is 583 g/mol. The predicted octanol–water partition coefficient (Wildman–Crippen LogP) is 4.57. The van der Waals surface area contributed by atoms with Crippen molar-refractivity contribution in [3.63, 3.8) is 0 Å². The lowest BCUT2D eigenvalue weighted by Crippen LogP contribution is -2.52. The van der Waals surface area contributed by atoms with E-state index in [-0.39, 0.29) is 43.0 Å². The highest BCUT2D eigenvalue weighted by atomic mass is 35.5. The van der Waals surface area contributed by atoms with Crippen molar-refractivity contribution in [1.82, 2.24) is 29.4 Å². The Balaban J connectivity index is 0.00000133. The van der Waals surface area contributed by atoms with Crippen LogP contribution < -0.4 is 9.64 Å². The number of aromatic nitrogens is 4. The van der Waals surface area contributed by atoms with Crippen molar-refractivity contribution in [3.8, 4) is 16.9 Å². The second kappa shape index (κ2) is 12.6. The molecule has 2 fully saturated rings. The third-order valence-electron chi connectivity index (χ3n) is 7.53. The van der Waals surface area contributed by atoms with Gasteiger partial charge in [0.05, 0.1) is 36.9 Å². The third kappa shape index (κ3) is 5.62. The molecule has 38 heavy (non-hydrogen) atoms. The zero-order valence-corrected chi connectivity index (χ0v) is 23.9. The van der Waals surface area contributed by atoms with Crippen LogP contribution in [0.15, 0.2) is 43.0 Å². The average molecular weight is 585 g/mol. The van der Waals surface area contributed by atoms with Gasteiger partial charge in [-0.3, -0.25) is 9.88 Å². The summed E-state index contributed by atoms with van der Waals surface area (Å²) in [6, 6.07) is 5.68. The van der Waals surface area contributed by atoms with E-state index in [1.54, 1.807) is 12.3 Å². The minimum atomic E-state index is -0.427. The van der Waals surface area contributed by atoms with E-state index in [0.29, 0.717) is 11.6 Å². The molecule has 206 valence electrons. The van der Waals surface area contributed by atoms with E-state index >= 15 is 0 Å². The number of rotatable bonds is 4. The fourth-order valence-electron chi connectivity index (χ4n) is 5.43. The summed E-state index contributed by atoms with van der Waals surface area (Å²) >= 11 is 0. The molecule has 12 heteroatoms. The van der Waals surface area contributed by atoms with Crippen LogP contribution in [0.1, 0.15) is 12.8 Å². The zero-order chi connectivity index (χ0) is 23.9. The number of ether oxygens (including phenoxy) is 1. The summed E-state index contributed by atoms with van der Waals surface area (Å²) in [4.78, 5) is 16.6. The quantitative estimate of drug-likeness (QED) is 0.348. The standard InChI is InChI=1S/C26H30FN7O.3ClH/c1-31-9-11-33(12-10-31)18-4-7-32(8-5-18)19-15-29-26-22(16-30-34(26)17-19)20-3-6-28-24-14-23(27)25(35-2)13-21(20)24;;;/h3,6,13-18H,4-5,7-12H2,1-2H3;3*1H. The topological polar surface area (TPSA) is 62.0 Å². The van der Waals surface area contributed by atoms with Gasteiger partial charge in [-0.25, -0.2) is 13.9 Å². The Bertz CT molecular complexity index is 1370. The molecule has 0 bridgehead atoms. The SMILES string of the molecule is COc1cc2c(-c3cnn4cc(N5CCC(N6CCN(C)CC6)CC5)cnc34)ccnc2cc1F.Cl.Cl.Cl. The maximum Gasteiger partial charge on any atom is 0.167 e. The number of hydrogen-bond donors (Lipinski definition) is 0. The molecule has 0 N–H and O–H groups in total. The van der Waals surface area contributed by atoms with Crippen LogP contribution in [0, 0.1) is 5.82 Å². The minimum Gasteiger partial charge on any atom is -0.494 e. The molecule has 0 spiro atoms. The molecule has 0 atom stereocenters. The van der Waals surface area contributed by atoms with Crippen LogP contribution >= 0.6 is 37.2 Å². The van der Waals surface area contributed by atoms with Gasteiger partial charge in [0.25, 0.3) is 0 Å². The van der Waals surface area contributed by atoms with E-state index in [9.17, 15) is 4.39 Å². The van der Waals surface area contributed by atoms with Crippen molar-refractivity contribution in [2.75, 3.05) is 58.3 Å². The maximum atomic E-state index is 14.2. The molecule has 8 nitrogen and oxygen atoms in total. The molecule has 2 aliphatic rings. The molecule has 3 aromatic heterocycles. The Labute approximate surface area is 240 Å². The predicted molar refractivity (Wildman–Crippen MR) is 156 cm³/mol. The first kappa shape index (κ1) is 30.1. The fraction of sp³-hybridized carbons (Fsp3) is 0.423. The van der Waals surface area contributed by atoms with Gasteiger partial charge in [-0.15, -0.1) is 37.2 Å². The van der Waals surface area contributed by atoms with Crippen molar-refractivity contribution < 1.29 is 9.13 Å². The summed E-state index contributed by atoms with van der Waals surface area (Å²) in [7, 11) is 3.67. The van der Waals surface area contributed by atoms with Gasteiger partial charge in [0.1, 0.15) is 0 Å². The van der Waals surface area contributed by atoms with Gasteiger partial charge < -0.3 is 14.5 Å². The Morgan fingerprint density at radius 3 is 2.37 bits per heavy atom. The molecule has 0 aliphatic carbocycles. The molecule has 1 aromatic carbocycles. The molecule has 2 saturated heterocycles. The molecule has 0 radical (unpaired) electrons. The summed E-state index contributed by atoms with van der Waals surface area (Å²) in [6.07, 6.45) is 9.86. The largest absolute Gasteiger partial charge is 0.494 e. The molecular formula is C26H33Cl3FN7O. The van der Waals surface area contributed by atoms with Gasteiger partial charge in [0.2, 0.25) is 0 Å². The number of pyridine rings is 1. The minimum absolute atomic E-state index is 0. The number of piperidine rings is 1. The first-order chi connectivity index (χ1) is 17.1. The van der Waals surface area contributed by atoms with Crippen molar-refractivity contribution in [2.24, 2.45) is 0 Å². The van der Waals surface area contributed by atoms with Gasteiger partial charge in [0.15, 0.2) is 17.2 Å². The third-order valence-corrected chi connectivity index (χ3v) is 7.53. The number of benzene rings is 1. The first-order valence-corrected chi connectivity index (χ1v) is 12.2. The van der Waals surface area contributed by atoms with Crippen LogP contribution in [-0.2, 0) is 0 Å². The molecule has 0 saturated carbocycles. The number of methoxy groups -OCH3 is 1. The lowest BCUT2D eigenvalue weighted by molar-refractivity contribution is 0.0982. The molecule has 4 aromatic rings. The number of nitrogens with zero attached hydrogens (tertiary/aromatic N) is 7. The number of fused-ring (bicyclic) bond motifs is 2. The Morgan fingerprint density at radius 1 is 0.921 bits per heavy atom. The van der Waals surface area contributed by atoms with E-state index < -0.39 is 5.82 Å². The average Bonchev–Trinajstić information content (AvgIpc) is 3.31. The number of piperazine rings is 1. The van der Waals surface area contributed by atoms with E-state index in [4.69, 9.17) is 9.72 Å². The van der Waals surface area contributed by atoms with Crippen LogP contribution in [0.2, 0.25) is 0 Å². The molecular weight excluding hydrogens is 552 g/mol. The van der Waals surface area contributed by atoms with Crippen LogP contribution in [-0.4, -0.2) is 88.8 Å². The van der Waals surface area contributed by atoms with Gasteiger partial charge in [-0.2, -0.15) is 5.10 Å². The number of likely N-dealkylation sites (N-methyl/N-ethyl adjacent to an activating group) is 1. The number of halogens is 4. The smallest absolute Gasteiger partial charge is 0.167 e. The van der Waals surface area contributed by atoms with Gasteiger partial charge >= 0.3 is 0 Å². The molecule has 5 heterocycles. The number of anilines is 1. The van der Waals surface area contributed by atoms with Crippen molar-refractivity contribution >= 4 is 59.5 Å². The lowest BCUT2D eigenvalue weighted by atomic mass is 10.0. The van der Waals surface area contributed by atoms with Crippen LogP contribution in [0.4, 0.5) is 10.1 Å². The van der Waals surface area contributed by atoms with Crippen molar-refractivity contribution in [1.29, 1.82) is 0 Å². The number of hydrogen-bond acceptors (Lipinski definition) is 7. The van der Waals surface area contributed by atoms with Gasteiger partial charge in [0, 0.05) is 68.5 Å². The van der Waals surface area contributed by atoms with Crippen LogP contribution in [0.3, 0.4) is 0 Å². The van der Waals surface area contributed by atoms with Gasteiger partial charge in [-0.05, 0) is 37.6 Å². The Kier molecular flexibility index (Phi) is 10.00. The molecule has 0 amide bonds. The Hall–Kier alpha value is -2.43. The lowest BCUT2D eigenvalue weighted by Gasteiger charge is -2.42. The Morgan fingerprint density at radius 2 is 1.66 bits per heavy atom. The highest BCUT2D eigenvalue weighted by molar-refractivity contribution is 5.98. The summed E-state index contributed by atoms with van der Waals surface area (Å²) in [5.74, 6) is -0.234. The summed E-state index contributed by atoms with van der Waals surface area (Å²) in [6.45, 7) is 6.73. The highest BCUT2D eigenvalue weighted by Gasteiger charge is 2.27. The zero-order valence-electron chi connectivity index (χ0n) is 21.4. The van der Waals surface area contributed by atoms with E-state index in [1.807, 2.05) is 23.0 Å². The van der Waals surface area contributed by atoms with Crippen LogP contribution in [0.25, 0.3) is 27.7 Å². The highest BCUT2D eigenvalue weighted by Crippen LogP contribution is 2.34. The van der Waals surface area contributed by atoms with E-state index in [0.717, 1.165) is 54.0 Å². The fourth-order valence-corrected chi connectivity index (χ4v) is 5.43. The second-order valence-corrected chi connectivity index (χ2v) is 9.56. The maximum absolute atomic E-state index is 14.2. The van der Waals surface area contributed by atoms with E-state index in [2.05, 4.69) is 38.0 Å². The molecule has 0 unspecified atom stereocenters. The van der Waals surface area contributed by atoms with Gasteiger partial charge in [-0.1, -0.05) is 0 Å². The van der Waals surface area contributed by atoms with Crippen molar-refractivity contribution in [2.45, 2.75) is 18.9 Å². The van der Waals surface area contributed by atoms with Crippen LogP contribution in [0.5, 0.6) is 5.75 Å². The first-order valence-electron chi connectivity index (χ1n) is 12.2. The summed E-state index contributed by atoms with van der Waals surface area (Å²) in [5, 5.41) is 5.41.